The lowest BCUT2D eigenvalue weighted by atomic mass is 9.94. The first-order chi connectivity index (χ1) is 12.5. The molecule has 1 aliphatic rings. The number of phenols is 3. The summed E-state index contributed by atoms with van der Waals surface area (Å²) in [6.07, 6.45) is -0.942. The molecule has 0 bridgehead atoms. The van der Waals surface area contributed by atoms with Crippen molar-refractivity contribution in [3.63, 3.8) is 0 Å². The molecule has 4 N–H and O–H groups in total. The molecule has 1 aliphatic heterocycles. The number of carbonyl (C=O) groups is 1. The smallest absolute Gasteiger partial charge is 0.427 e. The summed E-state index contributed by atoms with van der Waals surface area (Å²) < 4.78 is 10.7. The summed E-state index contributed by atoms with van der Waals surface area (Å²) >= 11 is 0. The molecule has 3 rings (SSSR count). The van der Waals surface area contributed by atoms with Crippen molar-refractivity contribution in [3.8, 4) is 23.0 Å². The zero-order valence-corrected chi connectivity index (χ0v) is 14.0. The third-order valence-electron chi connectivity index (χ3n) is 3.83. The highest BCUT2D eigenvalue weighted by Crippen LogP contribution is 2.42. The molecule has 26 heavy (non-hydrogen) atoms. The first-order valence-electron chi connectivity index (χ1n) is 7.99. The maximum Gasteiger partial charge on any atom is 0.427 e. The van der Waals surface area contributed by atoms with Gasteiger partial charge in [-0.1, -0.05) is 12.1 Å². The van der Waals surface area contributed by atoms with Crippen LogP contribution in [0.1, 0.15) is 30.6 Å². The Kier molecular flexibility index (Phi) is 4.83. The summed E-state index contributed by atoms with van der Waals surface area (Å²) in [5.41, 5.74) is 3.70. The average Bonchev–Trinajstić information content (AvgIpc) is 2.59. The van der Waals surface area contributed by atoms with Crippen LogP contribution in [-0.4, -0.2) is 33.7 Å². The Hall–Kier alpha value is -3.42. The number of rotatable bonds is 3. The fraction of sp³-hybridized carbons (Fsp3) is 0.222. The summed E-state index contributed by atoms with van der Waals surface area (Å²) in [7, 11) is 0. The standard InChI is InChI=1S/C18H18N2O6/c1-2-25-18(24)20-19-13-9-15(10-3-5-11(21)6-4-10)26-16-8-12(22)7-14(23)17(13)16/h3-8,15,21-23H,2,9H2,1H3,(H,20,24)/b19-13+. The minimum atomic E-state index is -0.715. The lowest BCUT2D eigenvalue weighted by molar-refractivity contribution is 0.152. The molecule has 0 saturated carbocycles. The van der Waals surface area contributed by atoms with Crippen LogP contribution in [0.2, 0.25) is 0 Å². The molecule has 8 nitrogen and oxygen atoms in total. The van der Waals surface area contributed by atoms with Crippen molar-refractivity contribution < 1.29 is 29.6 Å². The number of fused-ring (bicyclic) bond motifs is 1. The van der Waals surface area contributed by atoms with E-state index in [0.717, 1.165) is 5.56 Å². The van der Waals surface area contributed by atoms with Gasteiger partial charge in [-0.2, -0.15) is 5.10 Å². The van der Waals surface area contributed by atoms with Crippen molar-refractivity contribution in [1.82, 2.24) is 5.43 Å². The summed E-state index contributed by atoms with van der Waals surface area (Å²) in [5, 5.41) is 33.4. The molecule has 0 fully saturated rings. The summed E-state index contributed by atoms with van der Waals surface area (Å²) in [6.45, 7) is 1.87. The highest BCUT2D eigenvalue weighted by molar-refractivity contribution is 6.06. The number of nitrogens with zero attached hydrogens (tertiary/aromatic N) is 1. The predicted octanol–water partition coefficient (Wildman–Crippen LogP) is 2.78. The van der Waals surface area contributed by atoms with E-state index >= 15 is 0 Å². The Bertz CT molecular complexity index is 848. The van der Waals surface area contributed by atoms with Gasteiger partial charge in [-0.05, 0) is 24.6 Å². The van der Waals surface area contributed by atoms with Crippen LogP contribution in [0.3, 0.4) is 0 Å². The van der Waals surface area contributed by atoms with Gasteiger partial charge in [0.1, 0.15) is 29.1 Å². The third-order valence-corrected chi connectivity index (χ3v) is 3.83. The van der Waals surface area contributed by atoms with Gasteiger partial charge in [0.05, 0.1) is 17.9 Å². The van der Waals surface area contributed by atoms with Gasteiger partial charge in [-0.15, -0.1) is 0 Å². The molecule has 1 unspecified atom stereocenters. The van der Waals surface area contributed by atoms with Gasteiger partial charge in [-0.25, -0.2) is 10.2 Å². The second kappa shape index (κ2) is 7.22. The topological polar surface area (TPSA) is 121 Å². The van der Waals surface area contributed by atoms with E-state index in [1.54, 1.807) is 19.1 Å². The van der Waals surface area contributed by atoms with Crippen molar-refractivity contribution in [3.05, 3.63) is 47.5 Å². The van der Waals surface area contributed by atoms with E-state index in [1.807, 2.05) is 0 Å². The minimum absolute atomic E-state index is 0.123. The Morgan fingerprint density at radius 1 is 1.23 bits per heavy atom. The van der Waals surface area contributed by atoms with Crippen LogP contribution < -0.4 is 10.2 Å². The Morgan fingerprint density at radius 3 is 2.65 bits per heavy atom. The summed E-state index contributed by atoms with van der Waals surface area (Å²) in [6, 6.07) is 8.99. The molecule has 1 heterocycles. The van der Waals surface area contributed by atoms with E-state index < -0.39 is 12.2 Å². The van der Waals surface area contributed by atoms with Crippen molar-refractivity contribution in [1.29, 1.82) is 0 Å². The lowest BCUT2D eigenvalue weighted by Gasteiger charge is -2.28. The quantitative estimate of drug-likeness (QED) is 0.626. The molecule has 1 amide bonds. The van der Waals surface area contributed by atoms with Gasteiger partial charge in [0, 0.05) is 18.6 Å². The van der Waals surface area contributed by atoms with E-state index in [0.29, 0.717) is 5.71 Å². The molecular formula is C18H18N2O6. The maximum absolute atomic E-state index is 11.5. The van der Waals surface area contributed by atoms with Crippen molar-refractivity contribution >= 4 is 11.8 Å². The SMILES string of the molecule is CCOC(=O)N/N=C1\CC(c2ccc(O)cc2)Oc2cc(O)cc(O)c21. The molecular weight excluding hydrogens is 340 g/mol. The number of hydrazone groups is 1. The molecule has 0 saturated heterocycles. The number of ether oxygens (including phenoxy) is 2. The van der Waals surface area contributed by atoms with Crippen LogP contribution in [0.5, 0.6) is 23.0 Å². The molecule has 1 atom stereocenters. The Balaban J connectivity index is 1.98. The Labute approximate surface area is 149 Å². The van der Waals surface area contributed by atoms with Gasteiger partial charge in [0.25, 0.3) is 0 Å². The lowest BCUT2D eigenvalue weighted by Crippen LogP contribution is -2.26. The van der Waals surface area contributed by atoms with Gasteiger partial charge in [0.2, 0.25) is 0 Å². The average molecular weight is 358 g/mol. The van der Waals surface area contributed by atoms with Crippen LogP contribution in [0.25, 0.3) is 0 Å². The fourth-order valence-corrected chi connectivity index (χ4v) is 2.70. The Morgan fingerprint density at radius 2 is 1.96 bits per heavy atom. The number of phenolic OH excluding ortho intramolecular Hbond substituents is 3. The molecule has 0 spiro atoms. The maximum atomic E-state index is 11.5. The van der Waals surface area contributed by atoms with E-state index in [1.165, 1.54) is 24.3 Å². The van der Waals surface area contributed by atoms with Gasteiger partial charge in [-0.3, -0.25) is 0 Å². The monoisotopic (exact) mass is 358 g/mol. The van der Waals surface area contributed by atoms with Crippen molar-refractivity contribution in [2.24, 2.45) is 5.10 Å². The molecule has 0 radical (unpaired) electrons. The van der Waals surface area contributed by atoms with E-state index in [-0.39, 0.29) is 41.6 Å². The molecule has 8 heteroatoms. The number of benzene rings is 2. The number of carbonyl (C=O) groups excluding carboxylic acids is 1. The minimum Gasteiger partial charge on any atom is -0.508 e. The van der Waals surface area contributed by atoms with E-state index in [9.17, 15) is 20.1 Å². The fourth-order valence-electron chi connectivity index (χ4n) is 2.70. The van der Waals surface area contributed by atoms with Crippen LogP contribution >= 0.6 is 0 Å². The number of hydrogen-bond acceptors (Lipinski definition) is 7. The third kappa shape index (κ3) is 3.64. The summed E-state index contributed by atoms with van der Waals surface area (Å²) in [4.78, 5) is 11.5. The number of nitrogens with one attached hydrogen (secondary N) is 1. The van der Waals surface area contributed by atoms with Crippen molar-refractivity contribution in [2.75, 3.05) is 6.61 Å². The van der Waals surface area contributed by atoms with E-state index in [4.69, 9.17) is 9.47 Å². The molecule has 0 aromatic heterocycles. The highest BCUT2D eigenvalue weighted by atomic mass is 16.5. The number of hydrogen-bond donors (Lipinski definition) is 4. The van der Waals surface area contributed by atoms with Gasteiger partial charge >= 0.3 is 6.09 Å². The molecule has 0 aliphatic carbocycles. The zero-order chi connectivity index (χ0) is 18.7. The van der Waals surface area contributed by atoms with Gasteiger partial charge < -0.3 is 24.8 Å². The molecule has 2 aromatic rings. The van der Waals surface area contributed by atoms with Crippen LogP contribution in [0.15, 0.2) is 41.5 Å². The normalized spacial score (nSPS) is 17.3. The van der Waals surface area contributed by atoms with Crippen LogP contribution in [-0.2, 0) is 4.74 Å². The molecule has 136 valence electrons. The second-order valence-electron chi connectivity index (χ2n) is 5.63. The zero-order valence-electron chi connectivity index (χ0n) is 14.0. The van der Waals surface area contributed by atoms with Crippen LogP contribution in [0.4, 0.5) is 4.79 Å². The first-order valence-corrected chi connectivity index (χ1v) is 7.99. The highest BCUT2D eigenvalue weighted by Gasteiger charge is 2.30. The van der Waals surface area contributed by atoms with Crippen molar-refractivity contribution in [2.45, 2.75) is 19.4 Å². The predicted molar refractivity (Wildman–Crippen MR) is 92.6 cm³/mol. The second-order valence-corrected chi connectivity index (χ2v) is 5.63. The van der Waals surface area contributed by atoms with Gasteiger partial charge in [0.15, 0.2) is 0 Å². The molecule has 2 aromatic carbocycles. The number of aromatic hydroxyl groups is 3. The number of amides is 1. The largest absolute Gasteiger partial charge is 0.508 e. The first kappa shape index (κ1) is 17.4. The van der Waals surface area contributed by atoms with Crippen LogP contribution in [0, 0.1) is 0 Å². The van der Waals surface area contributed by atoms with E-state index in [2.05, 4.69) is 10.5 Å². The summed E-state index contributed by atoms with van der Waals surface area (Å²) in [5.74, 6) is -0.0202.